The molecule has 0 atom stereocenters. The second kappa shape index (κ2) is 8.01. The van der Waals surface area contributed by atoms with Crippen molar-refractivity contribution in [2.45, 2.75) is 0 Å². The smallest absolute Gasteiger partial charge is 0.331 e. The van der Waals surface area contributed by atoms with Gasteiger partial charge in [0.2, 0.25) is 5.78 Å². The van der Waals surface area contributed by atoms with Crippen LogP contribution in [-0.2, 0) is 9.53 Å². The minimum atomic E-state index is -0.795. The number of esters is 1. The van der Waals surface area contributed by atoms with Gasteiger partial charge in [0.05, 0.1) is 12.7 Å². The van der Waals surface area contributed by atoms with Gasteiger partial charge in [-0.1, -0.05) is 18.2 Å². The SMILES string of the molecule is COc1ccc(/C=C/C(=O)OCC(=O)c2ccccc2F)cc1F. The Morgan fingerprint density at radius 2 is 1.83 bits per heavy atom. The Balaban J connectivity index is 1.92. The molecule has 0 aliphatic carbocycles. The van der Waals surface area contributed by atoms with Crippen molar-refractivity contribution < 1.29 is 27.8 Å². The number of benzene rings is 2. The number of carbonyl (C=O) groups is 2. The van der Waals surface area contributed by atoms with Crippen LogP contribution in [0.15, 0.2) is 48.5 Å². The maximum Gasteiger partial charge on any atom is 0.331 e. The van der Waals surface area contributed by atoms with E-state index in [4.69, 9.17) is 9.47 Å². The van der Waals surface area contributed by atoms with Gasteiger partial charge in [-0.15, -0.1) is 0 Å². The zero-order valence-electron chi connectivity index (χ0n) is 12.8. The molecule has 0 heterocycles. The van der Waals surface area contributed by atoms with Gasteiger partial charge in [-0.25, -0.2) is 13.6 Å². The number of ether oxygens (including phenoxy) is 2. The molecular weight excluding hydrogens is 318 g/mol. The molecule has 0 aliphatic rings. The van der Waals surface area contributed by atoms with Crippen LogP contribution in [0.25, 0.3) is 6.08 Å². The molecule has 0 bridgehead atoms. The number of Topliss-reactive ketones (excluding diaryl/α,β-unsaturated/α-hetero) is 1. The summed E-state index contributed by atoms with van der Waals surface area (Å²) in [5.41, 5.74) is 0.275. The van der Waals surface area contributed by atoms with Crippen LogP contribution in [0.3, 0.4) is 0 Å². The van der Waals surface area contributed by atoms with Crippen LogP contribution in [0.5, 0.6) is 5.75 Å². The van der Waals surface area contributed by atoms with Crippen LogP contribution in [0, 0.1) is 11.6 Å². The van der Waals surface area contributed by atoms with Crippen molar-refractivity contribution in [1.29, 1.82) is 0 Å². The fraction of sp³-hybridized carbons (Fsp3) is 0.111. The molecule has 0 unspecified atom stereocenters. The molecule has 0 N–H and O–H groups in total. The van der Waals surface area contributed by atoms with Crippen molar-refractivity contribution in [3.63, 3.8) is 0 Å². The normalized spacial score (nSPS) is 10.6. The Morgan fingerprint density at radius 1 is 1.08 bits per heavy atom. The van der Waals surface area contributed by atoms with E-state index >= 15 is 0 Å². The van der Waals surface area contributed by atoms with E-state index in [0.717, 1.165) is 12.1 Å². The van der Waals surface area contributed by atoms with E-state index in [0.29, 0.717) is 5.56 Å². The van der Waals surface area contributed by atoms with Crippen molar-refractivity contribution in [2.24, 2.45) is 0 Å². The van der Waals surface area contributed by atoms with E-state index in [9.17, 15) is 18.4 Å². The average molecular weight is 332 g/mol. The fourth-order valence-electron chi connectivity index (χ4n) is 1.90. The molecule has 0 amide bonds. The van der Waals surface area contributed by atoms with Crippen LogP contribution in [0.4, 0.5) is 8.78 Å². The quantitative estimate of drug-likeness (QED) is 0.462. The number of hydrogen-bond acceptors (Lipinski definition) is 4. The molecule has 0 radical (unpaired) electrons. The monoisotopic (exact) mass is 332 g/mol. The Labute approximate surface area is 137 Å². The zero-order valence-corrected chi connectivity index (χ0v) is 12.8. The van der Waals surface area contributed by atoms with Gasteiger partial charge < -0.3 is 9.47 Å². The molecular formula is C18H14F2O4. The lowest BCUT2D eigenvalue weighted by molar-refractivity contribution is -0.136. The molecule has 0 saturated heterocycles. The van der Waals surface area contributed by atoms with Gasteiger partial charge in [0.15, 0.2) is 18.2 Å². The summed E-state index contributed by atoms with van der Waals surface area (Å²) >= 11 is 0. The lowest BCUT2D eigenvalue weighted by Crippen LogP contribution is -2.13. The number of hydrogen-bond donors (Lipinski definition) is 0. The number of ketones is 1. The highest BCUT2D eigenvalue weighted by atomic mass is 19.1. The lowest BCUT2D eigenvalue weighted by Gasteiger charge is -2.03. The van der Waals surface area contributed by atoms with E-state index in [2.05, 4.69) is 0 Å². The van der Waals surface area contributed by atoms with Crippen molar-refractivity contribution in [3.05, 3.63) is 71.3 Å². The Kier molecular flexibility index (Phi) is 5.78. The third kappa shape index (κ3) is 4.49. The third-order valence-corrected chi connectivity index (χ3v) is 3.11. The summed E-state index contributed by atoms with van der Waals surface area (Å²) in [7, 11) is 1.35. The first-order valence-electron chi connectivity index (χ1n) is 6.97. The maximum atomic E-state index is 13.5. The molecule has 2 aromatic rings. The second-order valence-electron chi connectivity index (χ2n) is 4.74. The van der Waals surface area contributed by atoms with Gasteiger partial charge in [0, 0.05) is 6.08 Å². The topological polar surface area (TPSA) is 52.6 Å². The van der Waals surface area contributed by atoms with E-state index in [1.54, 1.807) is 6.07 Å². The van der Waals surface area contributed by atoms with E-state index in [-0.39, 0.29) is 11.3 Å². The number of rotatable bonds is 6. The molecule has 6 heteroatoms. The van der Waals surface area contributed by atoms with Gasteiger partial charge in [-0.2, -0.15) is 0 Å². The summed E-state index contributed by atoms with van der Waals surface area (Å²) < 4.78 is 36.4. The van der Waals surface area contributed by atoms with Gasteiger partial charge in [-0.3, -0.25) is 4.79 Å². The Morgan fingerprint density at radius 3 is 2.50 bits per heavy atom. The van der Waals surface area contributed by atoms with Crippen molar-refractivity contribution >= 4 is 17.8 Å². The number of halogens is 2. The molecule has 124 valence electrons. The van der Waals surface area contributed by atoms with Gasteiger partial charge in [0.25, 0.3) is 0 Å². The first-order valence-corrected chi connectivity index (χ1v) is 6.97. The summed E-state index contributed by atoms with van der Waals surface area (Å²) in [6.07, 6.45) is 2.38. The Bertz CT molecular complexity index is 784. The fourth-order valence-corrected chi connectivity index (χ4v) is 1.90. The average Bonchev–Trinajstić information content (AvgIpc) is 2.58. The summed E-state index contributed by atoms with van der Waals surface area (Å²) in [5, 5.41) is 0. The van der Waals surface area contributed by atoms with Crippen molar-refractivity contribution in [2.75, 3.05) is 13.7 Å². The van der Waals surface area contributed by atoms with Crippen LogP contribution in [0.2, 0.25) is 0 Å². The van der Waals surface area contributed by atoms with Crippen molar-refractivity contribution in [3.8, 4) is 5.75 Å². The summed E-state index contributed by atoms with van der Waals surface area (Å²) in [4.78, 5) is 23.3. The number of carbonyl (C=O) groups excluding carboxylic acids is 2. The largest absolute Gasteiger partial charge is 0.494 e. The predicted octanol–water partition coefficient (Wildman–Crippen LogP) is 3.41. The van der Waals surface area contributed by atoms with Gasteiger partial charge in [-0.05, 0) is 35.9 Å². The minimum absolute atomic E-state index is 0.0882. The molecule has 0 aromatic heterocycles. The molecule has 2 rings (SSSR count). The highest BCUT2D eigenvalue weighted by Gasteiger charge is 2.12. The second-order valence-corrected chi connectivity index (χ2v) is 4.74. The predicted molar refractivity (Wildman–Crippen MR) is 83.7 cm³/mol. The molecule has 24 heavy (non-hydrogen) atoms. The van der Waals surface area contributed by atoms with Crippen LogP contribution < -0.4 is 4.74 Å². The van der Waals surface area contributed by atoms with E-state index < -0.39 is 30.0 Å². The molecule has 2 aromatic carbocycles. The van der Waals surface area contributed by atoms with Gasteiger partial charge in [0.1, 0.15) is 5.82 Å². The standard InChI is InChI=1S/C18H14F2O4/c1-23-17-8-6-12(10-15(17)20)7-9-18(22)24-11-16(21)13-4-2-3-5-14(13)19/h2-10H,11H2,1H3/b9-7+. The van der Waals surface area contributed by atoms with Gasteiger partial charge >= 0.3 is 5.97 Å². The summed E-state index contributed by atoms with van der Waals surface area (Å²) in [6.45, 7) is -0.582. The molecule has 0 saturated carbocycles. The maximum absolute atomic E-state index is 13.5. The Hall–Kier alpha value is -3.02. The first-order chi connectivity index (χ1) is 11.5. The molecule has 0 fully saturated rings. The molecule has 0 spiro atoms. The first kappa shape index (κ1) is 17.3. The summed E-state index contributed by atoms with van der Waals surface area (Å²) in [5.74, 6) is -2.60. The highest BCUT2D eigenvalue weighted by Crippen LogP contribution is 2.18. The van der Waals surface area contributed by atoms with Crippen LogP contribution in [-0.4, -0.2) is 25.5 Å². The van der Waals surface area contributed by atoms with E-state index in [1.165, 1.54) is 43.5 Å². The van der Waals surface area contributed by atoms with Crippen LogP contribution in [0.1, 0.15) is 15.9 Å². The lowest BCUT2D eigenvalue weighted by atomic mass is 10.1. The molecule has 0 aliphatic heterocycles. The zero-order chi connectivity index (χ0) is 17.5. The van der Waals surface area contributed by atoms with Crippen molar-refractivity contribution in [1.82, 2.24) is 0 Å². The molecule has 4 nitrogen and oxygen atoms in total. The highest BCUT2D eigenvalue weighted by molar-refractivity contribution is 5.99. The van der Waals surface area contributed by atoms with E-state index in [1.807, 2.05) is 0 Å². The summed E-state index contributed by atoms with van der Waals surface area (Å²) in [6, 6.07) is 9.57. The minimum Gasteiger partial charge on any atom is -0.494 e. The number of methoxy groups -OCH3 is 1. The van der Waals surface area contributed by atoms with Crippen LogP contribution >= 0.6 is 0 Å². The third-order valence-electron chi connectivity index (χ3n) is 3.11.